The highest BCUT2D eigenvalue weighted by atomic mass is 35.5. The van der Waals surface area contributed by atoms with Gasteiger partial charge < -0.3 is 10.6 Å². The lowest BCUT2D eigenvalue weighted by molar-refractivity contribution is 0.929. The van der Waals surface area contributed by atoms with E-state index in [9.17, 15) is 0 Å². The monoisotopic (exact) mass is 339 g/mol. The van der Waals surface area contributed by atoms with E-state index in [1.165, 1.54) is 5.56 Å². The van der Waals surface area contributed by atoms with Crippen LogP contribution in [0.25, 0.3) is 0 Å². The van der Waals surface area contributed by atoms with Gasteiger partial charge in [0.05, 0.1) is 6.20 Å². The van der Waals surface area contributed by atoms with Gasteiger partial charge in [0.2, 0.25) is 5.95 Å². The van der Waals surface area contributed by atoms with Crippen molar-refractivity contribution in [1.29, 1.82) is 0 Å². The summed E-state index contributed by atoms with van der Waals surface area (Å²) in [6.07, 6.45) is 2.55. The molecule has 0 aliphatic heterocycles. The van der Waals surface area contributed by atoms with Crippen LogP contribution in [0, 0.1) is 0 Å². The normalized spacial score (nSPS) is 10.4. The summed E-state index contributed by atoms with van der Waals surface area (Å²) in [5, 5.41) is 15.1. The van der Waals surface area contributed by atoms with Crippen LogP contribution in [0.4, 0.5) is 11.8 Å². The van der Waals surface area contributed by atoms with E-state index in [-0.39, 0.29) is 0 Å². The van der Waals surface area contributed by atoms with Crippen molar-refractivity contribution in [2.75, 3.05) is 17.2 Å². The minimum Gasteiger partial charge on any atom is -0.368 e. The van der Waals surface area contributed by atoms with Gasteiger partial charge in [-0.05, 0) is 29.7 Å². The summed E-state index contributed by atoms with van der Waals surface area (Å²) in [6, 6.07) is 18.0. The highest BCUT2D eigenvalue weighted by Gasteiger charge is 2.01. The number of halogens is 1. The molecular formula is C18H18ClN5. The van der Waals surface area contributed by atoms with Crippen molar-refractivity contribution in [3.8, 4) is 0 Å². The van der Waals surface area contributed by atoms with Crippen LogP contribution in [-0.2, 0) is 13.0 Å². The molecule has 0 fully saturated rings. The second-order valence-electron chi connectivity index (χ2n) is 5.31. The summed E-state index contributed by atoms with van der Waals surface area (Å²) >= 11 is 5.88. The molecule has 2 aromatic carbocycles. The van der Waals surface area contributed by atoms with Crippen molar-refractivity contribution in [3.05, 3.63) is 76.9 Å². The molecule has 6 heteroatoms. The molecule has 122 valence electrons. The molecule has 0 unspecified atom stereocenters. The van der Waals surface area contributed by atoms with Crippen LogP contribution in [0.1, 0.15) is 11.1 Å². The smallest absolute Gasteiger partial charge is 0.244 e. The van der Waals surface area contributed by atoms with E-state index in [0.717, 1.165) is 23.6 Å². The van der Waals surface area contributed by atoms with E-state index in [4.69, 9.17) is 11.6 Å². The molecule has 1 aromatic heterocycles. The molecule has 2 N–H and O–H groups in total. The van der Waals surface area contributed by atoms with Crippen LogP contribution >= 0.6 is 11.6 Å². The molecule has 0 bridgehead atoms. The Balaban J connectivity index is 1.51. The summed E-state index contributed by atoms with van der Waals surface area (Å²) < 4.78 is 0. The first-order valence-electron chi connectivity index (χ1n) is 7.75. The molecule has 0 amide bonds. The number of rotatable bonds is 7. The third-order valence-corrected chi connectivity index (χ3v) is 3.74. The largest absolute Gasteiger partial charge is 0.368 e. The quantitative estimate of drug-likeness (QED) is 0.685. The molecule has 0 saturated carbocycles. The van der Waals surface area contributed by atoms with Gasteiger partial charge in [-0.15, -0.1) is 5.10 Å². The average Bonchev–Trinajstić information content (AvgIpc) is 2.63. The van der Waals surface area contributed by atoms with Gasteiger partial charge in [0.15, 0.2) is 5.82 Å². The predicted molar refractivity (Wildman–Crippen MR) is 97.2 cm³/mol. The standard InChI is InChI=1S/C18H18ClN5/c19-16-8-6-15(7-9-16)12-21-18-23-17(13-22-24-18)20-11-10-14-4-2-1-3-5-14/h1-9,13H,10-12H2,(H2,20,21,23,24). The van der Waals surface area contributed by atoms with Crippen LogP contribution < -0.4 is 10.6 Å². The van der Waals surface area contributed by atoms with Crippen molar-refractivity contribution in [1.82, 2.24) is 15.2 Å². The second-order valence-corrected chi connectivity index (χ2v) is 5.74. The fourth-order valence-electron chi connectivity index (χ4n) is 2.23. The lowest BCUT2D eigenvalue weighted by atomic mass is 10.1. The van der Waals surface area contributed by atoms with Gasteiger partial charge in [-0.1, -0.05) is 54.1 Å². The first kappa shape index (κ1) is 16.2. The first-order chi connectivity index (χ1) is 11.8. The highest BCUT2D eigenvalue weighted by Crippen LogP contribution is 2.11. The maximum atomic E-state index is 5.88. The Morgan fingerprint density at radius 2 is 1.67 bits per heavy atom. The SMILES string of the molecule is Clc1ccc(CNc2nncc(NCCc3ccccc3)n2)cc1. The molecule has 0 aliphatic rings. The Labute approximate surface area is 146 Å². The van der Waals surface area contributed by atoms with Crippen LogP contribution in [0.15, 0.2) is 60.8 Å². The topological polar surface area (TPSA) is 62.7 Å². The summed E-state index contributed by atoms with van der Waals surface area (Å²) in [6.45, 7) is 1.41. The molecule has 24 heavy (non-hydrogen) atoms. The minimum atomic E-state index is 0.495. The molecule has 0 saturated heterocycles. The minimum absolute atomic E-state index is 0.495. The van der Waals surface area contributed by atoms with E-state index >= 15 is 0 Å². The Morgan fingerprint density at radius 3 is 2.46 bits per heavy atom. The third-order valence-electron chi connectivity index (χ3n) is 3.49. The zero-order chi connectivity index (χ0) is 16.6. The maximum absolute atomic E-state index is 5.88. The van der Waals surface area contributed by atoms with Crippen molar-refractivity contribution in [2.45, 2.75) is 13.0 Å². The molecule has 3 rings (SSSR count). The molecular weight excluding hydrogens is 322 g/mol. The zero-order valence-electron chi connectivity index (χ0n) is 13.1. The van der Waals surface area contributed by atoms with Gasteiger partial charge in [-0.25, -0.2) is 0 Å². The maximum Gasteiger partial charge on any atom is 0.244 e. The van der Waals surface area contributed by atoms with Gasteiger partial charge >= 0.3 is 0 Å². The zero-order valence-corrected chi connectivity index (χ0v) is 13.9. The third kappa shape index (κ3) is 4.93. The van der Waals surface area contributed by atoms with Gasteiger partial charge in [0.1, 0.15) is 0 Å². The number of nitrogens with zero attached hydrogens (tertiary/aromatic N) is 3. The Kier molecular flexibility index (Phi) is 5.58. The van der Waals surface area contributed by atoms with Gasteiger partial charge in [-0.3, -0.25) is 0 Å². The lowest BCUT2D eigenvalue weighted by Crippen LogP contribution is -2.10. The molecule has 0 atom stereocenters. The molecule has 5 nitrogen and oxygen atoms in total. The van der Waals surface area contributed by atoms with E-state index in [0.29, 0.717) is 18.3 Å². The number of hydrogen-bond acceptors (Lipinski definition) is 5. The van der Waals surface area contributed by atoms with E-state index in [1.54, 1.807) is 6.20 Å². The van der Waals surface area contributed by atoms with E-state index in [2.05, 4.69) is 37.9 Å². The lowest BCUT2D eigenvalue weighted by Gasteiger charge is -2.08. The van der Waals surface area contributed by atoms with Gasteiger partial charge in [0, 0.05) is 18.1 Å². The molecule has 1 heterocycles. The Morgan fingerprint density at radius 1 is 0.875 bits per heavy atom. The molecule has 0 spiro atoms. The summed E-state index contributed by atoms with van der Waals surface area (Å²) in [5.41, 5.74) is 2.39. The molecule has 0 aliphatic carbocycles. The highest BCUT2D eigenvalue weighted by molar-refractivity contribution is 6.30. The number of anilines is 2. The second kappa shape index (κ2) is 8.26. The average molecular weight is 340 g/mol. The number of nitrogens with one attached hydrogen (secondary N) is 2. The van der Waals surface area contributed by atoms with Crippen molar-refractivity contribution < 1.29 is 0 Å². The summed E-state index contributed by atoms with van der Waals surface area (Å²) in [7, 11) is 0. The predicted octanol–water partition coefficient (Wildman–Crippen LogP) is 3.79. The van der Waals surface area contributed by atoms with Gasteiger partial charge in [0.25, 0.3) is 0 Å². The number of aromatic nitrogens is 3. The van der Waals surface area contributed by atoms with Crippen LogP contribution in [0.2, 0.25) is 5.02 Å². The fourth-order valence-corrected chi connectivity index (χ4v) is 2.35. The Bertz CT molecular complexity index is 762. The fraction of sp³-hybridized carbons (Fsp3) is 0.167. The van der Waals surface area contributed by atoms with Gasteiger partial charge in [-0.2, -0.15) is 10.1 Å². The summed E-state index contributed by atoms with van der Waals surface area (Å²) in [5.74, 6) is 1.20. The first-order valence-corrected chi connectivity index (χ1v) is 8.13. The number of hydrogen-bond donors (Lipinski definition) is 2. The van der Waals surface area contributed by atoms with Crippen molar-refractivity contribution in [3.63, 3.8) is 0 Å². The van der Waals surface area contributed by atoms with E-state index < -0.39 is 0 Å². The van der Waals surface area contributed by atoms with E-state index in [1.807, 2.05) is 42.5 Å². The molecule has 3 aromatic rings. The van der Waals surface area contributed by atoms with Crippen LogP contribution in [-0.4, -0.2) is 21.7 Å². The number of benzene rings is 2. The summed E-state index contributed by atoms with van der Waals surface area (Å²) in [4.78, 5) is 4.41. The van der Waals surface area contributed by atoms with Crippen molar-refractivity contribution in [2.24, 2.45) is 0 Å². The Hall–Kier alpha value is -2.66. The molecule has 0 radical (unpaired) electrons. The van der Waals surface area contributed by atoms with Crippen LogP contribution in [0.3, 0.4) is 0 Å². The van der Waals surface area contributed by atoms with Crippen LogP contribution in [0.5, 0.6) is 0 Å². The van der Waals surface area contributed by atoms with Crippen molar-refractivity contribution >= 4 is 23.4 Å².